The molecule has 306 valence electrons. The van der Waals surface area contributed by atoms with Crippen LogP contribution in [0.1, 0.15) is 129 Å². The monoisotopic (exact) mass is 833 g/mol. The van der Waals surface area contributed by atoms with E-state index in [1.54, 1.807) is 64.2 Å². The lowest BCUT2D eigenvalue weighted by Crippen LogP contribution is -2.34. The molecule has 0 aromatic carbocycles. The zero-order valence-corrected chi connectivity index (χ0v) is 40.8. The molecule has 0 heterocycles. The molecule has 6 atom stereocenters. The number of hydrogen-bond donors (Lipinski definition) is 0. The first kappa shape index (κ1) is 47.0. The molecular weight excluding hydrogens is 745 g/mol. The number of hydrogen-bond acceptors (Lipinski definition) is 4. The molecule has 4 fully saturated rings. The second kappa shape index (κ2) is 27.9. The Labute approximate surface area is 340 Å². The van der Waals surface area contributed by atoms with Gasteiger partial charge in [-0.1, -0.05) is 65.2 Å². The second-order valence-corrected chi connectivity index (χ2v) is 30.9. The van der Waals surface area contributed by atoms with Crippen LogP contribution >= 0.6 is 55.2 Å². The third-order valence-corrected chi connectivity index (χ3v) is 27.2. The molecule has 8 heteroatoms. The summed E-state index contributed by atoms with van der Waals surface area (Å²) >= 11 is 4.12. The van der Waals surface area contributed by atoms with Crippen LogP contribution in [-0.2, 0) is 0 Å². The summed E-state index contributed by atoms with van der Waals surface area (Å²) in [4.78, 5) is 5.85. The maximum atomic E-state index is 2.95. The molecule has 0 aromatic heterocycles. The van der Waals surface area contributed by atoms with Gasteiger partial charge < -0.3 is 9.80 Å². The first-order valence-electron chi connectivity index (χ1n) is 22.8. The summed E-state index contributed by atoms with van der Waals surface area (Å²) in [5, 5.41) is 0. The molecule has 0 saturated heterocycles. The molecule has 0 amide bonds. The average molecular weight is 833 g/mol. The molecule has 0 N–H and O–H groups in total. The van der Waals surface area contributed by atoms with Crippen molar-refractivity contribution in [2.24, 2.45) is 11.8 Å². The van der Waals surface area contributed by atoms with Crippen LogP contribution in [0.25, 0.3) is 0 Å². The fraction of sp³-hybridized carbons (Fsp3) is 1.00. The van der Waals surface area contributed by atoms with Crippen LogP contribution in [0.4, 0.5) is 0 Å². The molecule has 0 aromatic rings. The van der Waals surface area contributed by atoms with Crippen molar-refractivity contribution in [2.45, 2.75) is 152 Å². The molecular formula is C44H88N2P4S2. The lowest BCUT2D eigenvalue weighted by atomic mass is 9.73. The molecule has 52 heavy (non-hydrogen) atoms. The molecule has 2 nitrogen and oxygen atoms in total. The molecule has 6 unspecified atom stereocenters. The summed E-state index contributed by atoms with van der Waals surface area (Å²) in [6, 6.07) is 0. The van der Waals surface area contributed by atoms with Crippen LogP contribution in [0.2, 0.25) is 0 Å². The number of nitrogens with zero attached hydrogens (tertiary/aromatic N) is 2. The second-order valence-electron chi connectivity index (χ2n) is 17.6. The van der Waals surface area contributed by atoms with Gasteiger partial charge in [0.05, 0.1) is 0 Å². The van der Waals surface area contributed by atoms with Crippen molar-refractivity contribution in [1.29, 1.82) is 0 Å². The van der Waals surface area contributed by atoms with Gasteiger partial charge in [0.25, 0.3) is 0 Å². The van der Waals surface area contributed by atoms with E-state index >= 15 is 0 Å². The highest BCUT2D eigenvalue weighted by Gasteiger charge is 2.35. The van der Waals surface area contributed by atoms with Crippen molar-refractivity contribution in [3.8, 4) is 0 Å². The molecule has 4 rings (SSSR count). The fourth-order valence-electron chi connectivity index (χ4n) is 10.8. The lowest BCUT2D eigenvalue weighted by molar-refractivity contribution is 0.199. The summed E-state index contributed by atoms with van der Waals surface area (Å²) in [6.45, 7) is 18.7. The molecule has 0 radical (unpaired) electrons. The smallest absolute Gasteiger partial charge is 0.00725 e. The van der Waals surface area contributed by atoms with Crippen LogP contribution in [0.5, 0.6) is 0 Å². The zero-order valence-electron chi connectivity index (χ0n) is 35.6. The van der Waals surface area contributed by atoms with E-state index < -0.39 is 0 Å². The van der Waals surface area contributed by atoms with E-state index in [-0.39, 0.29) is 31.7 Å². The van der Waals surface area contributed by atoms with Crippen molar-refractivity contribution >= 4 is 55.2 Å². The fourth-order valence-corrected chi connectivity index (χ4v) is 21.7. The van der Waals surface area contributed by atoms with Gasteiger partial charge in [0.2, 0.25) is 0 Å². The van der Waals surface area contributed by atoms with Gasteiger partial charge in [-0.2, -0.15) is 23.5 Å². The molecule has 0 bridgehead atoms. The van der Waals surface area contributed by atoms with Crippen LogP contribution < -0.4 is 0 Å². The Kier molecular flexibility index (Phi) is 25.3. The predicted octanol–water partition coefficient (Wildman–Crippen LogP) is 13.3. The van der Waals surface area contributed by atoms with E-state index in [1.807, 2.05) is 0 Å². The van der Waals surface area contributed by atoms with Crippen molar-refractivity contribution in [3.05, 3.63) is 0 Å². The Bertz CT molecular complexity index is 882. The largest absolute Gasteiger partial charge is 0.302 e. The Morgan fingerprint density at radius 3 is 1.38 bits per heavy atom. The van der Waals surface area contributed by atoms with E-state index in [2.05, 4.69) is 73.0 Å². The highest BCUT2D eigenvalue weighted by Crippen LogP contribution is 2.54. The lowest BCUT2D eigenvalue weighted by Gasteiger charge is -2.42. The Morgan fingerprint density at radius 1 is 0.442 bits per heavy atom. The summed E-state index contributed by atoms with van der Waals surface area (Å²) in [5.74, 6) is 4.76. The highest BCUT2D eigenvalue weighted by atomic mass is 32.2. The van der Waals surface area contributed by atoms with E-state index in [4.69, 9.17) is 0 Å². The topological polar surface area (TPSA) is 6.48 Å². The third-order valence-electron chi connectivity index (χ3n) is 14.5. The van der Waals surface area contributed by atoms with Crippen LogP contribution in [0, 0.1) is 11.8 Å². The minimum absolute atomic E-state index is 0.183. The van der Waals surface area contributed by atoms with Crippen LogP contribution in [0.15, 0.2) is 0 Å². The van der Waals surface area contributed by atoms with Gasteiger partial charge in [0.1, 0.15) is 0 Å². The summed E-state index contributed by atoms with van der Waals surface area (Å²) < 4.78 is 0. The number of thioether (sulfide) groups is 2. The Morgan fingerprint density at radius 2 is 0.885 bits per heavy atom. The van der Waals surface area contributed by atoms with Gasteiger partial charge in [-0.05, 0) is 161 Å². The maximum absolute atomic E-state index is 2.95. The van der Waals surface area contributed by atoms with Crippen molar-refractivity contribution < 1.29 is 0 Å². The van der Waals surface area contributed by atoms with Gasteiger partial charge in [0, 0.05) is 50.8 Å². The summed E-state index contributed by atoms with van der Waals surface area (Å²) in [5.41, 5.74) is 4.31. The first-order chi connectivity index (χ1) is 25.4. The molecule has 0 spiro atoms. The van der Waals surface area contributed by atoms with Gasteiger partial charge >= 0.3 is 0 Å². The van der Waals surface area contributed by atoms with Crippen LogP contribution in [0.3, 0.4) is 0 Å². The van der Waals surface area contributed by atoms with Crippen molar-refractivity contribution in [3.63, 3.8) is 0 Å². The van der Waals surface area contributed by atoms with Crippen LogP contribution in [-0.4, -0.2) is 146 Å². The predicted molar refractivity (Wildman–Crippen MR) is 255 cm³/mol. The van der Waals surface area contributed by atoms with E-state index in [0.717, 1.165) is 34.5 Å². The first-order valence-corrected chi connectivity index (χ1v) is 33.2. The molecule has 4 aliphatic carbocycles. The average Bonchev–Trinajstić information content (AvgIpc) is 3.20. The highest BCUT2D eigenvalue weighted by molar-refractivity contribution is 7.98. The molecule has 0 aliphatic heterocycles. The minimum Gasteiger partial charge on any atom is -0.302 e. The van der Waals surface area contributed by atoms with E-state index in [1.165, 1.54) is 139 Å². The quantitative estimate of drug-likeness (QED) is 0.0845. The number of rotatable bonds is 25. The van der Waals surface area contributed by atoms with Crippen molar-refractivity contribution in [2.75, 3.05) is 114 Å². The SMILES string of the molecule is CCP(CCN(CCSC)CCP(CC)C1CCCC(C2CCC(P(C)CCN(CCSC)CCP(C)C3CCCCC3)CC2)C1)C1CCCCC1. The normalized spacial score (nSPS) is 27.9. The van der Waals surface area contributed by atoms with Gasteiger partial charge in [0.15, 0.2) is 0 Å². The molecule has 4 aliphatic rings. The molecule has 4 saturated carbocycles. The van der Waals surface area contributed by atoms with E-state index in [9.17, 15) is 0 Å². The van der Waals surface area contributed by atoms with Gasteiger partial charge in [-0.25, -0.2) is 0 Å². The zero-order chi connectivity index (χ0) is 37.0. The Hall–Kier alpha value is 2.34. The summed E-state index contributed by atoms with van der Waals surface area (Å²) in [7, 11) is 0.868. The Balaban J connectivity index is 1.18. The standard InChI is InChI=1S/C44H88N2P4S2/c1-7-49(43-19-13-10-14-20-43)34-28-46(31-37-52-6)29-35-50(8-2)44-21-15-16-40(38-44)39-22-24-42(25-23-39)48(4)33-27-45(30-36-51-5)26-32-47(3)41-17-11-9-12-18-41/h39-44H,7-38H2,1-6H3. The van der Waals surface area contributed by atoms with E-state index in [0.29, 0.717) is 0 Å². The van der Waals surface area contributed by atoms with Gasteiger partial charge in [-0.15, -0.1) is 31.7 Å². The van der Waals surface area contributed by atoms with Gasteiger partial charge in [-0.3, -0.25) is 0 Å². The van der Waals surface area contributed by atoms with Crippen molar-refractivity contribution in [1.82, 2.24) is 9.80 Å². The maximum Gasteiger partial charge on any atom is 0.00725 e. The third kappa shape index (κ3) is 16.9. The minimum atomic E-state index is 0.183. The summed E-state index contributed by atoms with van der Waals surface area (Å²) in [6.07, 6.45) is 41.4.